The fourth-order valence-electron chi connectivity index (χ4n) is 2.13. The summed E-state index contributed by atoms with van der Waals surface area (Å²) in [6.07, 6.45) is 0.724. The number of piperazine rings is 1. The third kappa shape index (κ3) is 2.36. The van der Waals surface area contributed by atoms with Crippen LogP contribution in [-0.2, 0) is 9.59 Å². The number of nitrogens with one attached hydrogen (secondary N) is 1. The van der Waals surface area contributed by atoms with E-state index in [9.17, 15) is 9.59 Å². The van der Waals surface area contributed by atoms with Gasteiger partial charge in [0.05, 0.1) is 0 Å². The van der Waals surface area contributed by atoms with Crippen molar-refractivity contribution in [3.63, 3.8) is 0 Å². The highest BCUT2D eigenvalue weighted by Gasteiger charge is 2.44. The maximum absolute atomic E-state index is 12.1. The van der Waals surface area contributed by atoms with E-state index in [2.05, 4.69) is 19.2 Å². The highest BCUT2D eigenvalue weighted by molar-refractivity contribution is 5.99. The van der Waals surface area contributed by atoms with Crippen LogP contribution < -0.4 is 5.32 Å². The van der Waals surface area contributed by atoms with Gasteiger partial charge in [-0.2, -0.15) is 0 Å². The van der Waals surface area contributed by atoms with Crippen molar-refractivity contribution in [1.82, 2.24) is 10.2 Å². The van der Waals surface area contributed by atoms with Gasteiger partial charge in [0.1, 0.15) is 11.6 Å². The minimum Gasteiger partial charge on any atom is -0.340 e. The highest BCUT2D eigenvalue weighted by Crippen LogP contribution is 2.21. The van der Waals surface area contributed by atoms with Crippen molar-refractivity contribution in [3.8, 4) is 0 Å². The zero-order chi connectivity index (χ0) is 12.5. The van der Waals surface area contributed by atoms with Crippen LogP contribution in [0.2, 0.25) is 0 Å². The fraction of sp³-hybridized carbons (Fsp3) is 0.833. The molecule has 0 bridgehead atoms. The van der Waals surface area contributed by atoms with Crippen LogP contribution in [0.4, 0.5) is 0 Å². The first-order valence-corrected chi connectivity index (χ1v) is 5.92. The van der Waals surface area contributed by atoms with Crippen molar-refractivity contribution < 1.29 is 9.59 Å². The second-order valence-corrected chi connectivity index (χ2v) is 5.35. The molecule has 4 nitrogen and oxygen atoms in total. The quantitative estimate of drug-likeness (QED) is 0.785. The third-order valence-electron chi connectivity index (χ3n) is 2.95. The Morgan fingerprint density at radius 2 is 1.94 bits per heavy atom. The lowest BCUT2D eigenvalue weighted by molar-refractivity contribution is -0.153. The van der Waals surface area contributed by atoms with E-state index in [0.29, 0.717) is 12.5 Å². The summed E-state index contributed by atoms with van der Waals surface area (Å²) in [5.74, 6) is 0.388. The monoisotopic (exact) mass is 226 g/mol. The van der Waals surface area contributed by atoms with E-state index in [1.54, 1.807) is 18.7 Å². The molecule has 4 heteroatoms. The van der Waals surface area contributed by atoms with Crippen LogP contribution in [-0.4, -0.2) is 34.8 Å². The number of hydrogen-bond acceptors (Lipinski definition) is 2. The van der Waals surface area contributed by atoms with Crippen LogP contribution in [0, 0.1) is 5.92 Å². The SMILES string of the molecule is CCN1C(=O)C(C)(C)NC(=O)C1CC(C)C. The van der Waals surface area contributed by atoms with Gasteiger partial charge in [0.2, 0.25) is 11.8 Å². The highest BCUT2D eigenvalue weighted by atomic mass is 16.2. The molecule has 1 N–H and O–H groups in total. The molecule has 1 atom stereocenters. The standard InChI is InChI=1S/C12H22N2O2/c1-6-14-9(7-8(2)3)10(15)13-12(4,5)11(14)16/h8-9H,6-7H2,1-5H3,(H,13,15). The van der Waals surface area contributed by atoms with Crippen molar-refractivity contribution in [2.75, 3.05) is 6.54 Å². The smallest absolute Gasteiger partial charge is 0.248 e. The molecule has 0 aromatic rings. The average molecular weight is 226 g/mol. The second kappa shape index (κ2) is 4.44. The lowest BCUT2D eigenvalue weighted by Gasteiger charge is -2.43. The lowest BCUT2D eigenvalue weighted by atomic mass is 9.92. The van der Waals surface area contributed by atoms with Gasteiger partial charge in [-0.25, -0.2) is 0 Å². The van der Waals surface area contributed by atoms with Crippen LogP contribution >= 0.6 is 0 Å². The first-order valence-electron chi connectivity index (χ1n) is 5.92. The lowest BCUT2D eigenvalue weighted by Crippen LogP contribution is -2.68. The van der Waals surface area contributed by atoms with Gasteiger partial charge in [-0.1, -0.05) is 13.8 Å². The normalized spacial score (nSPS) is 24.9. The molecule has 1 aliphatic rings. The molecule has 0 radical (unpaired) electrons. The second-order valence-electron chi connectivity index (χ2n) is 5.35. The molecular weight excluding hydrogens is 204 g/mol. The molecular formula is C12H22N2O2. The molecule has 1 rings (SSSR count). The van der Waals surface area contributed by atoms with Crippen molar-refractivity contribution in [2.45, 2.75) is 52.6 Å². The molecule has 1 heterocycles. The van der Waals surface area contributed by atoms with Gasteiger partial charge in [0.15, 0.2) is 0 Å². The van der Waals surface area contributed by atoms with Crippen molar-refractivity contribution in [3.05, 3.63) is 0 Å². The van der Waals surface area contributed by atoms with Crippen LogP contribution in [0.1, 0.15) is 41.0 Å². The molecule has 0 aliphatic carbocycles. The number of amides is 2. The van der Waals surface area contributed by atoms with Gasteiger partial charge in [0.25, 0.3) is 0 Å². The first-order chi connectivity index (χ1) is 7.29. The Bertz CT molecular complexity index is 297. The first kappa shape index (κ1) is 13.0. The fourth-order valence-corrected chi connectivity index (χ4v) is 2.13. The number of carbonyl (C=O) groups is 2. The summed E-state index contributed by atoms with van der Waals surface area (Å²) >= 11 is 0. The van der Waals surface area contributed by atoms with Gasteiger partial charge in [-0.05, 0) is 33.1 Å². The molecule has 92 valence electrons. The van der Waals surface area contributed by atoms with E-state index in [1.165, 1.54) is 0 Å². The van der Waals surface area contributed by atoms with Crippen molar-refractivity contribution in [2.24, 2.45) is 5.92 Å². The molecule has 0 aromatic heterocycles. The van der Waals surface area contributed by atoms with Crippen LogP contribution in [0.25, 0.3) is 0 Å². The molecule has 1 fully saturated rings. The van der Waals surface area contributed by atoms with E-state index in [4.69, 9.17) is 0 Å². The maximum Gasteiger partial charge on any atom is 0.248 e. The Balaban J connectivity index is 2.93. The van der Waals surface area contributed by atoms with E-state index in [1.807, 2.05) is 6.92 Å². The zero-order valence-corrected chi connectivity index (χ0v) is 10.8. The van der Waals surface area contributed by atoms with Crippen molar-refractivity contribution >= 4 is 11.8 Å². The molecule has 0 aromatic carbocycles. The Labute approximate surface area is 97.4 Å². The summed E-state index contributed by atoms with van der Waals surface area (Å²) in [5.41, 5.74) is -0.763. The van der Waals surface area contributed by atoms with E-state index in [0.717, 1.165) is 6.42 Å². The number of hydrogen-bond donors (Lipinski definition) is 1. The molecule has 2 amide bonds. The summed E-state index contributed by atoms with van der Waals surface area (Å²) in [7, 11) is 0. The predicted octanol–water partition coefficient (Wildman–Crippen LogP) is 1.16. The summed E-state index contributed by atoms with van der Waals surface area (Å²) in [4.78, 5) is 25.8. The summed E-state index contributed by atoms with van der Waals surface area (Å²) < 4.78 is 0. The largest absolute Gasteiger partial charge is 0.340 e. The molecule has 1 aliphatic heterocycles. The average Bonchev–Trinajstić information content (AvgIpc) is 2.14. The Morgan fingerprint density at radius 1 is 1.38 bits per heavy atom. The number of likely N-dealkylation sites (N-methyl/N-ethyl adjacent to an activating group) is 1. The van der Waals surface area contributed by atoms with Crippen LogP contribution in [0.3, 0.4) is 0 Å². The van der Waals surface area contributed by atoms with Crippen LogP contribution in [0.15, 0.2) is 0 Å². The van der Waals surface area contributed by atoms with Gasteiger partial charge in [-0.3, -0.25) is 9.59 Å². The van der Waals surface area contributed by atoms with E-state index < -0.39 is 5.54 Å². The van der Waals surface area contributed by atoms with Gasteiger partial charge in [-0.15, -0.1) is 0 Å². The number of nitrogens with zero attached hydrogens (tertiary/aromatic N) is 1. The molecule has 1 unspecified atom stereocenters. The van der Waals surface area contributed by atoms with Crippen molar-refractivity contribution in [1.29, 1.82) is 0 Å². The minimum absolute atomic E-state index is 0.0141. The Morgan fingerprint density at radius 3 is 2.38 bits per heavy atom. The third-order valence-corrected chi connectivity index (χ3v) is 2.95. The maximum atomic E-state index is 12.1. The molecule has 0 spiro atoms. The zero-order valence-electron chi connectivity index (χ0n) is 10.8. The van der Waals surface area contributed by atoms with E-state index in [-0.39, 0.29) is 17.9 Å². The number of carbonyl (C=O) groups excluding carboxylic acids is 2. The predicted molar refractivity (Wildman–Crippen MR) is 62.9 cm³/mol. The summed E-state index contributed by atoms with van der Waals surface area (Å²) in [5, 5.41) is 2.80. The molecule has 16 heavy (non-hydrogen) atoms. The molecule has 1 saturated heterocycles. The van der Waals surface area contributed by atoms with Gasteiger partial charge >= 0.3 is 0 Å². The van der Waals surface area contributed by atoms with Crippen LogP contribution in [0.5, 0.6) is 0 Å². The van der Waals surface area contributed by atoms with Gasteiger partial charge < -0.3 is 10.2 Å². The summed E-state index contributed by atoms with van der Waals surface area (Å²) in [6, 6.07) is -0.300. The Hall–Kier alpha value is -1.06. The van der Waals surface area contributed by atoms with Gasteiger partial charge in [0, 0.05) is 6.54 Å². The minimum atomic E-state index is -0.763. The number of rotatable bonds is 3. The van der Waals surface area contributed by atoms with E-state index >= 15 is 0 Å². The molecule has 0 saturated carbocycles. The summed E-state index contributed by atoms with van der Waals surface area (Å²) in [6.45, 7) is 10.1. The topological polar surface area (TPSA) is 49.4 Å². The Kier molecular flexibility index (Phi) is 3.61.